The molecule has 2 fully saturated rings. The van der Waals surface area contributed by atoms with Crippen molar-refractivity contribution in [3.63, 3.8) is 0 Å². The molecule has 2 aliphatic heterocycles. The molecule has 0 radical (unpaired) electrons. The summed E-state index contributed by atoms with van der Waals surface area (Å²) in [7, 11) is 1.34. The van der Waals surface area contributed by atoms with E-state index >= 15 is 0 Å². The second-order valence-electron chi connectivity index (χ2n) is 10.3. The van der Waals surface area contributed by atoms with Crippen molar-refractivity contribution in [1.29, 1.82) is 0 Å². The van der Waals surface area contributed by atoms with Crippen LogP contribution in [-0.2, 0) is 14.2 Å². The molecule has 2 aromatic carbocycles. The monoisotopic (exact) mass is 624 g/mol. The Morgan fingerprint density at radius 2 is 1.41 bits per heavy atom. The van der Waals surface area contributed by atoms with Crippen LogP contribution in [0.5, 0.6) is 23.0 Å². The Labute approximate surface area is 248 Å². The maximum atomic E-state index is 13.8. The molecular formula is C28H32O16. The van der Waals surface area contributed by atoms with Gasteiger partial charge in [0.2, 0.25) is 17.5 Å². The second kappa shape index (κ2) is 12.8. The van der Waals surface area contributed by atoms with Gasteiger partial charge in [0.05, 0.1) is 20.3 Å². The predicted molar refractivity (Wildman–Crippen MR) is 145 cm³/mol. The first-order valence-electron chi connectivity index (χ1n) is 13.4. The summed E-state index contributed by atoms with van der Waals surface area (Å²) in [6.45, 7) is -1.60. The maximum absolute atomic E-state index is 13.8. The predicted octanol–water partition coefficient (Wildman–Crippen LogP) is -2.12. The van der Waals surface area contributed by atoms with Gasteiger partial charge >= 0.3 is 0 Å². The fourth-order valence-corrected chi connectivity index (χ4v) is 5.03. The van der Waals surface area contributed by atoms with Crippen molar-refractivity contribution in [2.75, 3.05) is 20.3 Å². The first kappa shape index (κ1) is 31.9. The van der Waals surface area contributed by atoms with Gasteiger partial charge in [-0.3, -0.25) is 4.79 Å². The van der Waals surface area contributed by atoms with Crippen molar-refractivity contribution in [3.8, 4) is 34.3 Å². The highest BCUT2D eigenvalue weighted by atomic mass is 16.8. The molecule has 240 valence electrons. The number of aliphatic hydroxyl groups excluding tert-OH is 7. The van der Waals surface area contributed by atoms with Crippen molar-refractivity contribution in [2.24, 2.45) is 0 Å². The number of phenols is 2. The minimum absolute atomic E-state index is 0.106. The number of aromatic hydroxyl groups is 2. The number of aliphatic hydroxyl groups is 7. The third-order valence-electron chi connectivity index (χ3n) is 7.47. The standard InChI is InChI=1S/C28H32O16/c1-39-12-6-13(32)17-14(7-12)40-24(10-2-4-11(31)5-3-10)25(20(17)35)43-28-26(22(37)19(34)16(9-30)42-28)44-27-23(38)21(36)18(33)15(8-29)41-27/h2-7,15-16,18-19,21-23,26-34,36-38H,8-9H2,1H3/t15-,16-,18-,19-,21+,22+,23-,26-,27+,28+/m1/s1. The average molecular weight is 625 g/mol. The molecule has 1 aromatic heterocycles. The molecule has 3 heterocycles. The van der Waals surface area contributed by atoms with Gasteiger partial charge < -0.3 is 74.1 Å². The highest BCUT2D eigenvalue weighted by Crippen LogP contribution is 2.38. The Hall–Kier alpha value is -3.55. The molecule has 2 saturated heterocycles. The summed E-state index contributed by atoms with van der Waals surface area (Å²) in [5.41, 5.74) is -0.823. The molecule has 0 amide bonds. The normalized spacial score (nSPS) is 32.5. The van der Waals surface area contributed by atoms with Gasteiger partial charge in [0, 0.05) is 17.7 Å². The number of ether oxygens (including phenoxy) is 5. The van der Waals surface area contributed by atoms with E-state index in [9.17, 15) is 50.8 Å². The van der Waals surface area contributed by atoms with E-state index in [2.05, 4.69) is 0 Å². The molecule has 16 heteroatoms. The second-order valence-corrected chi connectivity index (χ2v) is 10.3. The molecule has 2 aliphatic rings. The minimum Gasteiger partial charge on any atom is -0.508 e. The minimum atomic E-state index is -1.92. The SMILES string of the molecule is COc1cc(O)c2c(=O)c(O[C@@H]3O[C@H](CO)[C@@H](O)[C@H](O)[C@H]3O[C@@H]3O[C@H](CO)[C@@H](O)[C@H](O)[C@H]3O)c(-c3ccc(O)cc3)oc2c1. The number of phenolic OH excluding ortho intramolecular Hbond substituents is 2. The van der Waals surface area contributed by atoms with Crippen LogP contribution < -0.4 is 14.9 Å². The van der Waals surface area contributed by atoms with Crippen LogP contribution in [0.25, 0.3) is 22.3 Å². The highest BCUT2D eigenvalue weighted by Gasteiger charge is 2.51. The average Bonchev–Trinajstić information content (AvgIpc) is 3.01. The highest BCUT2D eigenvalue weighted by molar-refractivity contribution is 5.88. The summed E-state index contributed by atoms with van der Waals surface area (Å²) in [6.07, 6.45) is -17.5. The quantitative estimate of drug-likeness (QED) is 0.130. The van der Waals surface area contributed by atoms with Gasteiger partial charge in [-0.2, -0.15) is 0 Å². The molecule has 5 rings (SSSR count). The molecular weight excluding hydrogens is 592 g/mol. The summed E-state index contributed by atoms with van der Waals surface area (Å²) >= 11 is 0. The van der Waals surface area contributed by atoms with E-state index < -0.39 is 91.6 Å². The Balaban J connectivity index is 1.60. The smallest absolute Gasteiger partial charge is 0.239 e. The van der Waals surface area contributed by atoms with Gasteiger partial charge in [0.25, 0.3) is 0 Å². The van der Waals surface area contributed by atoms with Crippen molar-refractivity contribution in [2.45, 2.75) is 61.4 Å². The van der Waals surface area contributed by atoms with E-state index in [1.165, 1.54) is 37.4 Å². The van der Waals surface area contributed by atoms with E-state index in [4.69, 9.17) is 28.1 Å². The summed E-state index contributed by atoms with van der Waals surface area (Å²) in [4.78, 5) is 13.8. The molecule has 10 atom stereocenters. The molecule has 44 heavy (non-hydrogen) atoms. The van der Waals surface area contributed by atoms with E-state index in [0.717, 1.165) is 6.07 Å². The van der Waals surface area contributed by atoms with Crippen molar-refractivity contribution in [1.82, 2.24) is 0 Å². The van der Waals surface area contributed by atoms with Crippen LogP contribution in [0.2, 0.25) is 0 Å². The topological polar surface area (TPSA) is 258 Å². The summed E-state index contributed by atoms with van der Waals surface area (Å²) in [6, 6.07) is 7.89. The van der Waals surface area contributed by atoms with E-state index in [-0.39, 0.29) is 33.8 Å². The lowest BCUT2D eigenvalue weighted by Crippen LogP contribution is -2.65. The zero-order valence-electron chi connectivity index (χ0n) is 23.0. The van der Waals surface area contributed by atoms with Crippen LogP contribution in [0.4, 0.5) is 0 Å². The fourth-order valence-electron chi connectivity index (χ4n) is 5.03. The van der Waals surface area contributed by atoms with Gasteiger partial charge in [0.15, 0.2) is 18.2 Å². The Morgan fingerprint density at radius 3 is 2.02 bits per heavy atom. The number of benzene rings is 2. The van der Waals surface area contributed by atoms with Crippen LogP contribution in [0.3, 0.4) is 0 Å². The van der Waals surface area contributed by atoms with E-state index in [1.807, 2.05) is 0 Å². The summed E-state index contributed by atoms with van der Waals surface area (Å²) in [5, 5.41) is 91.8. The molecule has 16 nitrogen and oxygen atoms in total. The van der Waals surface area contributed by atoms with Crippen LogP contribution in [-0.4, -0.2) is 128 Å². The first-order valence-corrected chi connectivity index (χ1v) is 13.4. The molecule has 9 N–H and O–H groups in total. The summed E-state index contributed by atoms with van der Waals surface area (Å²) < 4.78 is 33.7. The van der Waals surface area contributed by atoms with Crippen molar-refractivity contribution in [3.05, 3.63) is 46.6 Å². The van der Waals surface area contributed by atoms with Crippen LogP contribution in [0, 0.1) is 0 Å². The molecule has 0 spiro atoms. The third kappa shape index (κ3) is 5.80. The van der Waals surface area contributed by atoms with Gasteiger partial charge in [-0.1, -0.05) is 0 Å². The number of hydrogen-bond donors (Lipinski definition) is 9. The van der Waals surface area contributed by atoms with E-state index in [0.29, 0.717) is 0 Å². The number of rotatable bonds is 8. The Kier molecular flexibility index (Phi) is 9.28. The summed E-state index contributed by atoms with van der Waals surface area (Å²) in [5.74, 6) is -1.29. The van der Waals surface area contributed by atoms with Crippen LogP contribution >= 0.6 is 0 Å². The Morgan fingerprint density at radius 1 is 0.795 bits per heavy atom. The molecule has 0 aliphatic carbocycles. The van der Waals surface area contributed by atoms with Gasteiger partial charge in [-0.25, -0.2) is 0 Å². The van der Waals surface area contributed by atoms with Gasteiger partial charge in [0.1, 0.15) is 70.9 Å². The largest absolute Gasteiger partial charge is 0.508 e. The zero-order chi connectivity index (χ0) is 31.9. The molecule has 0 unspecified atom stereocenters. The zero-order valence-corrected chi connectivity index (χ0v) is 23.0. The number of hydrogen-bond acceptors (Lipinski definition) is 16. The van der Waals surface area contributed by atoms with Crippen LogP contribution in [0.15, 0.2) is 45.6 Å². The maximum Gasteiger partial charge on any atom is 0.239 e. The van der Waals surface area contributed by atoms with E-state index in [1.54, 1.807) is 0 Å². The van der Waals surface area contributed by atoms with Crippen molar-refractivity contribution < 1.29 is 74.1 Å². The van der Waals surface area contributed by atoms with Gasteiger partial charge in [-0.05, 0) is 24.3 Å². The third-order valence-corrected chi connectivity index (χ3v) is 7.47. The van der Waals surface area contributed by atoms with Gasteiger partial charge in [-0.15, -0.1) is 0 Å². The first-order chi connectivity index (χ1) is 21.0. The molecule has 0 bridgehead atoms. The van der Waals surface area contributed by atoms with Crippen LogP contribution in [0.1, 0.15) is 0 Å². The lowest BCUT2D eigenvalue weighted by molar-refractivity contribution is -0.358. The molecule has 0 saturated carbocycles. The number of methoxy groups -OCH3 is 1. The lowest BCUT2D eigenvalue weighted by atomic mass is 9.97. The molecule has 3 aromatic rings. The van der Waals surface area contributed by atoms with Crippen molar-refractivity contribution >= 4 is 11.0 Å². The fraction of sp³-hybridized carbons (Fsp3) is 0.464. The Bertz CT molecular complexity index is 1510. The lowest BCUT2D eigenvalue weighted by Gasteiger charge is -2.45. The number of fused-ring (bicyclic) bond motifs is 1.